The van der Waals surface area contributed by atoms with E-state index in [1.165, 1.54) is 11.3 Å². The molecule has 1 heterocycles. The Hall–Kier alpha value is -1.86. The number of hydrogen-bond donors (Lipinski definition) is 1. The molecule has 2 aromatic rings. The zero-order valence-corrected chi connectivity index (χ0v) is 17.7. The van der Waals surface area contributed by atoms with E-state index in [2.05, 4.69) is 21.2 Å². The first-order valence-corrected chi connectivity index (χ1v) is 9.98. The molecule has 1 N–H and O–H groups in total. The number of nitrogens with zero attached hydrogens (tertiary/aromatic N) is 1. The molecule has 2 amide bonds. The third-order valence-corrected chi connectivity index (χ3v) is 5.32. The van der Waals surface area contributed by atoms with Crippen molar-refractivity contribution < 1.29 is 14.3 Å². The maximum absolute atomic E-state index is 12.5. The topological polar surface area (TPSA) is 58.6 Å². The lowest BCUT2D eigenvalue weighted by Gasteiger charge is -2.27. The number of hydrogen-bond acceptors (Lipinski definition) is 4. The lowest BCUT2D eigenvalue weighted by atomic mass is 10.1. The van der Waals surface area contributed by atoms with Crippen LogP contribution < -0.4 is 5.32 Å². The van der Waals surface area contributed by atoms with Gasteiger partial charge in [-0.3, -0.25) is 4.79 Å². The second-order valence-corrected chi connectivity index (χ2v) is 8.47. The van der Waals surface area contributed by atoms with Crippen LogP contribution in [-0.4, -0.2) is 29.0 Å². The molecule has 0 saturated heterocycles. The molecule has 5 nitrogen and oxygen atoms in total. The van der Waals surface area contributed by atoms with E-state index in [9.17, 15) is 9.59 Å². The Kier molecular flexibility index (Phi) is 6.83. The summed E-state index contributed by atoms with van der Waals surface area (Å²) in [5.41, 5.74) is 0.977. The summed E-state index contributed by atoms with van der Waals surface area (Å²) >= 11 is 4.75. The van der Waals surface area contributed by atoms with Crippen molar-refractivity contribution in [1.82, 2.24) is 4.90 Å². The maximum Gasteiger partial charge on any atom is 0.410 e. The number of nitrogens with one attached hydrogen (secondary N) is 1. The Balaban J connectivity index is 2.16. The molecule has 2 rings (SSSR count). The summed E-state index contributed by atoms with van der Waals surface area (Å²) < 4.78 is 6.22. The van der Waals surface area contributed by atoms with Crippen molar-refractivity contribution >= 4 is 45.0 Å². The molecule has 1 aromatic heterocycles. The molecule has 0 spiro atoms. The number of carbonyl (C=O) groups is 2. The lowest BCUT2D eigenvalue weighted by molar-refractivity contribution is 0.0245. The Bertz CT molecular complexity index is 783. The molecule has 0 aliphatic rings. The normalized spacial score (nSPS) is 11.1. The smallest absolute Gasteiger partial charge is 0.410 e. The quantitative estimate of drug-likeness (QED) is 0.668. The van der Waals surface area contributed by atoms with Crippen LogP contribution in [0.3, 0.4) is 0 Å². The zero-order chi connectivity index (χ0) is 19.3. The summed E-state index contributed by atoms with van der Waals surface area (Å²) in [6.45, 7) is 8.28. The van der Waals surface area contributed by atoms with E-state index < -0.39 is 5.60 Å². The van der Waals surface area contributed by atoms with E-state index in [4.69, 9.17) is 4.74 Å². The number of para-hydroxylation sites is 1. The van der Waals surface area contributed by atoms with Gasteiger partial charge in [0.05, 0.1) is 6.54 Å². The van der Waals surface area contributed by atoms with Gasteiger partial charge in [0, 0.05) is 16.7 Å². The third kappa shape index (κ3) is 5.57. The number of thiophene rings is 1. The minimum atomic E-state index is -0.552. The van der Waals surface area contributed by atoms with E-state index in [0.29, 0.717) is 23.7 Å². The first kappa shape index (κ1) is 20.5. The van der Waals surface area contributed by atoms with Gasteiger partial charge in [-0.15, -0.1) is 11.3 Å². The molecule has 0 aliphatic carbocycles. The summed E-state index contributed by atoms with van der Waals surface area (Å²) in [6.07, 6.45) is -0.373. The van der Waals surface area contributed by atoms with Crippen molar-refractivity contribution in [2.24, 2.45) is 0 Å². The third-order valence-electron chi connectivity index (χ3n) is 3.48. The maximum atomic E-state index is 12.5. The molecular weight excluding hydrogens is 416 g/mol. The monoisotopic (exact) mass is 438 g/mol. The van der Waals surface area contributed by atoms with Crippen molar-refractivity contribution in [1.29, 1.82) is 0 Å². The van der Waals surface area contributed by atoms with E-state index in [0.717, 1.165) is 10.0 Å². The number of amides is 2. The molecule has 0 atom stereocenters. The second-order valence-electron chi connectivity index (χ2n) is 6.70. The van der Waals surface area contributed by atoms with E-state index >= 15 is 0 Å². The molecule has 0 unspecified atom stereocenters. The standard InChI is InChI=1S/C19H23BrN2O3S/c1-5-22(18(24)25-19(2,3)4)12-13-8-6-7-9-15(13)21-17(23)16-14(20)10-11-26-16/h6-11H,5,12H2,1-4H3,(H,21,23). The van der Waals surface area contributed by atoms with E-state index in [-0.39, 0.29) is 12.0 Å². The van der Waals surface area contributed by atoms with Crippen LogP contribution in [0.2, 0.25) is 0 Å². The van der Waals surface area contributed by atoms with Gasteiger partial charge in [-0.2, -0.15) is 0 Å². The van der Waals surface area contributed by atoms with Gasteiger partial charge < -0.3 is 15.0 Å². The van der Waals surface area contributed by atoms with Crippen LogP contribution >= 0.6 is 27.3 Å². The van der Waals surface area contributed by atoms with Crippen LogP contribution in [0.15, 0.2) is 40.2 Å². The Morgan fingerprint density at radius 2 is 1.92 bits per heavy atom. The van der Waals surface area contributed by atoms with Gasteiger partial charge >= 0.3 is 6.09 Å². The number of carbonyl (C=O) groups excluding carboxylic acids is 2. The molecule has 140 valence electrons. The Labute approximate surface area is 166 Å². The summed E-state index contributed by atoms with van der Waals surface area (Å²) in [4.78, 5) is 27.1. The minimum Gasteiger partial charge on any atom is -0.444 e. The highest BCUT2D eigenvalue weighted by atomic mass is 79.9. The molecule has 0 bridgehead atoms. The molecule has 26 heavy (non-hydrogen) atoms. The minimum absolute atomic E-state index is 0.181. The Morgan fingerprint density at radius 3 is 2.50 bits per heavy atom. The molecule has 7 heteroatoms. The highest BCUT2D eigenvalue weighted by Crippen LogP contribution is 2.25. The van der Waals surface area contributed by atoms with E-state index in [1.54, 1.807) is 4.90 Å². The molecule has 1 aromatic carbocycles. The molecule has 0 radical (unpaired) electrons. The highest BCUT2D eigenvalue weighted by molar-refractivity contribution is 9.10. The van der Waals surface area contributed by atoms with Crippen LogP contribution in [0.1, 0.15) is 42.9 Å². The molecule has 0 fully saturated rings. The average molecular weight is 439 g/mol. The zero-order valence-electron chi connectivity index (χ0n) is 15.3. The summed E-state index contributed by atoms with van der Waals surface area (Å²) in [7, 11) is 0. The first-order chi connectivity index (χ1) is 12.2. The predicted molar refractivity (Wildman–Crippen MR) is 109 cm³/mol. The van der Waals surface area contributed by atoms with Gasteiger partial charge in [-0.05, 0) is 66.7 Å². The highest BCUT2D eigenvalue weighted by Gasteiger charge is 2.22. The average Bonchev–Trinajstić information content (AvgIpc) is 2.98. The fourth-order valence-electron chi connectivity index (χ4n) is 2.25. The first-order valence-electron chi connectivity index (χ1n) is 8.31. The van der Waals surface area contributed by atoms with Gasteiger partial charge in [0.2, 0.25) is 0 Å². The van der Waals surface area contributed by atoms with Crippen molar-refractivity contribution in [3.8, 4) is 0 Å². The van der Waals surface area contributed by atoms with Gasteiger partial charge in [0.1, 0.15) is 10.5 Å². The van der Waals surface area contributed by atoms with Crippen molar-refractivity contribution in [3.05, 3.63) is 50.6 Å². The summed E-state index contributed by atoms with van der Waals surface area (Å²) in [5, 5.41) is 4.79. The van der Waals surface area contributed by atoms with Gasteiger partial charge in [-0.25, -0.2) is 4.79 Å². The largest absolute Gasteiger partial charge is 0.444 e. The Morgan fingerprint density at radius 1 is 1.23 bits per heavy atom. The van der Waals surface area contributed by atoms with Crippen LogP contribution in [0.4, 0.5) is 10.5 Å². The van der Waals surface area contributed by atoms with Crippen molar-refractivity contribution in [2.45, 2.75) is 39.8 Å². The van der Waals surface area contributed by atoms with Gasteiger partial charge in [-0.1, -0.05) is 18.2 Å². The van der Waals surface area contributed by atoms with Gasteiger partial charge in [0.15, 0.2) is 0 Å². The molecule has 0 aliphatic heterocycles. The fraction of sp³-hybridized carbons (Fsp3) is 0.368. The van der Waals surface area contributed by atoms with Crippen LogP contribution in [-0.2, 0) is 11.3 Å². The molecule has 0 saturated carbocycles. The number of ether oxygens (including phenoxy) is 1. The van der Waals surface area contributed by atoms with Gasteiger partial charge in [0.25, 0.3) is 5.91 Å². The molecular formula is C19H23BrN2O3S. The van der Waals surface area contributed by atoms with E-state index in [1.807, 2.05) is 63.4 Å². The summed E-state index contributed by atoms with van der Waals surface area (Å²) in [6, 6.07) is 9.30. The second kappa shape index (κ2) is 8.68. The number of anilines is 1. The number of halogens is 1. The van der Waals surface area contributed by atoms with Crippen LogP contribution in [0.25, 0.3) is 0 Å². The van der Waals surface area contributed by atoms with Crippen LogP contribution in [0.5, 0.6) is 0 Å². The summed E-state index contributed by atoms with van der Waals surface area (Å²) in [5.74, 6) is -0.181. The number of benzene rings is 1. The van der Waals surface area contributed by atoms with Crippen molar-refractivity contribution in [3.63, 3.8) is 0 Å². The SMILES string of the molecule is CCN(Cc1ccccc1NC(=O)c1sccc1Br)C(=O)OC(C)(C)C. The number of rotatable bonds is 5. The van der Waals surface area contributed by atoms with Crippen LogP contribution in [0, 0.1) is 0 Å². The van der Waals surface area contributed by atoms with Crippen molar-refractivity contribution in [2.75, 3.05) is 11.9 Å². The fourth-order valence-corrected chi connectivity index (χ4v) is 3.70. The lowest BCUT2D eigenvalue weighted by Crippen LogP contribution is -2.36. The predicted octanol–water partition coefficient (Wildman–Crippen LogP) is 5.52.